The molecule has 2 amide bonds. The minimum atomic E-state index is -0.606. The predicted molar refractivity (Wildman–Crippen MR) is 151 cm³/mol. The number of nitrogens with zero attached hydrogens (tertiary/aromatic N) is 4. The summed E-state index contributed by atoms with van der Waals surface area (Å²) in [5, 5.41) is 24.8. The van der Waals surface area contributed by atoms with E-state index in [1.54, 1.807) is 16.7 Å². The average Bonchev–Trinajstić information content (AvgIpc) is 3.45. The highest BCUT2D eigenvalue weighted by atomic mass is 32.2. The summed E-state index contributed by atoms with van der Waals surface area (Å²) in [5.74, 6) is -0.357. The van der Waals surface area contributed by atoms with Crippen LogP contribution in [0, 0.1) is 28.5 Å². The van der Waals surface area contributed by atoms with Crippen LogP contribution < -0.4 is 10.6 Å². The van der Waals surface area contributed by atoms with Crippen molar-refractivity contribution in [3.63, 3.8) is 0 Å². The summed E-state index contributed by atoms with van der Waals surface area (Å²) >= 11 is 2.70. The first-order valence-electron chi connectivity index (χ1n) is 12.6. The summed E-state index contributed by atoms with van der Waals surface area (Å²) in [6, 6.07) is 8.03. The second-order valence-electron chi connectivity index (χ2n) is 10.4. The summed E-state index contributed by atoms with van der Waals surface area (Å²) in [6.45, 7) is 10.9. The van der Waals surface area contributed by atoms with Gasteiger partial charge in [-0.1, -0.05) is 50.7 Å². The van der Waals surface area contributed by atoms with Gasteiger partial charge in [0.1, 0.15) is 16.9 Å². The van der Waals surface area contributed by atoms with Gasteiger partial charge in [-0.15, -0.1) is 28.1 Å². The molecule has 8 nitrogen and oxygen atoms in total. The van der Waals surface area contributed by atoms with Crippen molar-refractivity contribution >= 4 is 39.9 Å². The predicted octanol–water partition coefficient (Wildman–Crippen LogP) is 5.35. The van der Waals surface area contributed by atoms with Crippen molar-refractivity contribution < 1.29 is 14.0 Å². The van der Waals surface area contributed by atoms with Gasteiger partial charge in [0.25, 0.3) is 5.91 Å². The first-order chi connectivity index (χ1) is 18.6. The first-order valence-corrected chi connectivity index (χ1v) is 14.5. The lowest BCUT2D eigenvalue weighted by atomic mass is 9.72. The zero-order valence-corrected chi connectivity index (χ0v) is 23.8. The van der Waals surface area contributed by atoms with Crippen molar-refractivity contribution in [2.24, 2.45) is 11.3 Å². The molecule has 0 saturated carbocycles. The minimum absolute atomic E-state index is 0.0304. The molecule has 1 atom stereocenters. The lowest BCUT2D eigenvalue weighted by Gasteiger charge is -2.33. The highest BCUT2D eigenvalue weighted by Crippen LogP contribution is 2.44. The topological polar surface area (TPSA) is 113 Å². The molecule has 4 rings (SSSR count). The number of allylic oxidation sites excluding steroid dienone is 1. The largest absolute Gasteiger partial charge is 0.345 e. The molecule has 39 heavy (non-hydrogen) atoms. The Hall–Kier alpha value is -3.49. The van der Waals surface area contributed by atoms with Crippen molar-refractivity contribution in [1.82, 2.24) is 20.1 Å². The molecule has 0 fully saturated rings. The number of anilines is 1. The number of halogens is 1. The van der Waals surface area contributed by atoms with Gasteiger partial charge in [0.2, 0.25) is 5.91 Å². The van der Waals surface area contributed by atoms with Gasteiger partial charge in [-0.05, 0) is 48.3 Å². The Kier molecular flexibility index (Phi) is 8.87. The van der Waals surface area contributed by atoms with Crippen molar-refractivity contribution in [2.45, 2.75) is 58.3 Å². The number of hydrogen-bond acceptors (Lipinski definition) is 7. The monoisotopic (exact) mass is 566 g/mol. The lowest BCUT2D eigenvalue weighted by molar-refractivity contribution is -0.113. The van der Waals surface area contributed by atoms with E-state index in [0.29, 0.717) is 34.0 Å². The molecular weight excluding hydrogens is 535 g/mol. The van der Waals surface area contributed by atoms with Crippen molar-refractivity contribution in [3.05, 3.63) is 70.1 Å². The van der Waals surface area contributed by atoms with Gasteiger partial charge in [-0.25, -0.2) is 4.39 Å². The van der Waals surface area contributed by atoms with E-state index in [9.17, 15) is 19.2 Å². The third-order valence-corrected chi connectivity index (χ3v) is 8.95. The van der Waals surface area contributed by atoms with E-state index in [1.807, 2.05) is 0 Å². The van der Waals surface area contributed by atoms with E-state index < -0.39 is 11.7 Å². The van der Waals surface area contributed by atoms with Gasteiger partial charge in [-0.3, -0.25) is 9.59 Å². The molecule has 2 heterocycles. The Morgan fingerprint density at radius 2 is 2.10 bits per heavy atom. The smallest absolute Gasteiger partial charge is 0.254 e. The van der Waals surface area contributed by atoms with Crippen molar-refractivity contribution in [1.29, 1.82) is 5.26 Å². The fourth-order valence-corrected chi connectivity index (χ4v) is 6.65. The number of carbonyl (C=O) groups is 2. The Labute approximate surface area is 235 Å². The molecule has 3 aromatic rings. The molecule has 11 heteroatoms. The minimum Gasteiger partial charge on any atom is -0.345 e. The van der Waals surface area contributed by atoms with Gasteiger partial charge >= 0.3 is 0 Å². The Balaban J connectivity index is 1.40. The summed E-state index contributed by atoms with van der Waals surface area (Å²) in [7, 11) is 0. The van der Waals surface area contributed by atoms with E-state index >= 15 is 0 Å². The molecule has 0 aliphatic heterocycles. The quantitative estimate of drug-likeness (QED) is 0.267. The molecular formula is C28H31FN6O2S2. The van der Waals surface area contributed by atoms with Crippen molar-refractivity contribution in [3.8, 4) is 6.07 Å². The number of carbonyl (C=O) groups excluding carboxylic acids is 2. The van der Waals surface area contributed by atoms with Crippen LogP contribution in [0.2, 0.25) is 0 Å². The molecule has 0 radical (unpaired) electrons. The number of hydrogen-bond donors (Lipinski definition) is 2. The van der Waals surface area contributed by atoms with E-state index in [-0.39, 0.29) is 29.2 Å². The van der Waals surface area contributed by atoms with Gasteiger partial charge in [-0.2, -0.15) is 5.26 Å². The summed E-state index contributed by atoms with van der Waals surface area (Å²) in [6.07, 6.45) is 4.47. The number of amides is 2. The van der Waals surface area contributed by atoms with Crippen LogP contribution in [0.1, 0.15) is 59.4 Å². The second-order valence-corrected chi connectivity index (χ2v) is 12.5. The fourth-order valence-electron chi connectivity index (χ4n) is 4.59. The average molecular weight is 567 g/mol. The summed E-state index contributed by atoms with van der Waals surface area (Å²) < 4.78 is 15.7. The van der Waals surface area contributed by atoms with Gasteiger partial charge in [0.15, 0.2) is 11.0 Å². The standard InChI is InChI=1S/C28H31FN6O2S2/c1-5-12-35-23(15-31-25(37)19-8-6-7-9-21(19)29)33-34-27(35)38-16-24(36)32-26-20(14-30)18-11-10-17(28(2,3)4)13-22(18)39-26/h5-9,17H,1,10-13,15-16H2,2-4H3,(H,31,37)(H,32,36)/t17-/m0/s1. The number of benzene rings is 1. The number of rotatable bonds is 9. The van der Waals surface area contributed by atoms with Gasteiger partial charge in [0.05, 0.1) is 23.4 Å². The van der Waals surface area contributed by atoms with E-state index in [2.05, 4.69) is 54.3 Å². The molecule has 2 N–H and O–H groups in total. The molecule has 0 saturated heterocycles. The van der Waals surface area contributed by atoms with E-state index in [1.165, 1.54) is 46.2 Å². The number of fused-ring (bicyclic) bond motifs is 1. The third kappa shape index (κ3) is 6.57. The van der Waals surface area contributed by atoms with Crippen LogP contribution in [0.4, 0.5) is 9.39 Å². The van der Waals surface area contributed by atoms with Crippen LogP contribution in [0.15, 0.2) is 42.1 Å². The SMILES string of the molecule is C=CCn1c(CNC(=O)c2ccccc2F)nnc1SCC(=O)Nc1sc2c(c1C#N)CC[C@H](C(C)(C)C)C2. The van der Waals surface area contributed by atoms with Crippen LogP contribution in [0.5, 0.6) is 0 Å². The van der Waals surface area contributed by atoms with Crippen LogP contribution in [-0.4, -0.2) is 32.3 Å². The summed E-state index contributed by atoms with van der Waals surface area (Å²) in [4.78, 5) is 26.4. The zero-order chi connectivity index (χ0) is 28.2. The molecule has 1 aliphatic rings. The Morgan fingerprint density at radius 3 is 2.79 bits per heavy atom. The third-order valence-electron chi connectivity index (χ3n) is 6.82. The maximum atomic E-state index is 13.9. The molecule has 204 valence electrons. The number of thiophene rings is 1. The van der Waals surface area contributed by atoms with Crippen LogP contribution >= 0.6 is 23.1 Å². The first kappa shape index (κ1) is 28.5. The van der Waals surface area contributed by atoms with E-state index in [4.69, 9.17) is 0 Å². The normalized spacial score (nSPS) is 14.8. The Morgan fingerprint density at radius 1 is 1.33 bits per heavy atom. The molecule has 0 unspecified atom stereocenters. The van der Waals surface area contributed by atoms with Gasteiger partial charge in [0, 0.05) is 11.4 Å². The van der Waals surface area contributed by atoms with Crippen LogP contribution in [0.25, 0.3) is 0 Å². The number of thioether (sulfide) groups is 1. The number of nitriles is 1. The Bertz CT molecular complexity index is 1430. The highest BCUT2D eigenvalue weighted by Gasteiger charge is 2.32. The van der Waals surface area contributed by atoms with Crippen molar-refractivity contribution in [2.75, 3.05) is 11.1 Å². The molecule has 1 aromatic carbocycles. The summed E-state index contributed by atoms with van der Waals surface area (Å²) in [5.41, 5.74) is 1.77. The maximum absolute atomic E-state index is 13.9. The molecule has 1 aliphatic carbocycles. The number of nitrogens with one attached hydrogen (secondary N) is 2. The maximum Gasteiger partial charge on any atom is 0.254 e. The van der Waals surface area contributed by atoms with Crippen LogP contribution in [0.3, 0.4) is 0 Å². The van der Waals surface area contributed by atoms with Gasteiger partial charge < -0.3 is 15.2 Å². The lowest BCUT2D eigenvalue weighted by Crippen LogP contribution is -2.26. The fraction of sp³-hybridized carbons (Fsp3) is 0.393. The molecule has 0 spiro atoms. The van der Waals surface area contributed by atoms with Crippen LogP contribution in [-0.2, 0) is 30.7 Å². The number of aromatic nitrogens is 3. The molecule has 0 bridgehead atoms. The zero-order valence-electron chi connectivity index (χ0n) is 22.2. The second kappa shape index (κ2) is 12.1. The molecule has 2 aromatic heterocycles. The highest BCUT2D eigenvalue weighted by molar-refractivity contribution is 7.99. The van der Waals surface area contributed by atoms with E-state index in [0.717, 1.165) is 24.8 Å².